The fraction of sp³-hybridized carbons (Fsp3) is 0.0370. The molecule has 1 saturated heterocycles. The Morgan fingerprint density at radius 1 is 0.889 bits per heavy atom. The van der Waals surface area contributed by atoms with Crippen LogP contribution in [0.15, 0.2) is 77.7 Å². The summed E-state index contributed by atoms with van der Waals surface area (Å²) in [6.45, 7) is 0.485. The van der Waals surface area contributed by atoms with Gasteiger partial charge in [-0.25, -0.2) is 4.98 Å². The van der Waals surface area contributed by atoms with E-state index in [1.54, 1.807) is 12.1 Å². The fourth-order valence-electron chi connectivity index (χ4n) is 4.16. The van der Waals surface area contributed by atoms with E-state index in [0.717, 1.165) is 56.3 Å². The lowest BCUT2D eigenvalue weighted by molar-refractivity contribution is -0.115. The molecule has 1 aliphatic rings. The van der Waals surface area contributed by atoms with E-state index < -0.39 is 0 Å². The normalized spacial score (nSPS) is 14.8. The lowest BCUT2D eigenvalue weighted by Gasteiger charge is -2.11. The predicted molar refractivity (Wildman–Crippen MR) is 145 cm³/mol. The van der Waals surface area contributed by atoms with E-state index in [-0.39, 0.29) is 11.1 Å². The number of imide groups is 1. The third-order valence-corrected chi connectivity index (χ3v) is 7.41. The second kappa shape index (κ2) is 9.09. The number of nitrogens with zero attached hydrogens (tertiary/aromatic N) is 3. The minimum absolute atomic E-state index is 0.365. The quantitative estimate of drug-likeness (QED) is 0.255. The molecule has 5 aromatic rings. The number of benzene rings is 3. The highest BCUT2D eigenvalue weighted by molar-refractivity contribution is 8.18. The first kappa shape index (κ1) is 22.8. The summed E-state index contributed by atoms with van der Waals surface area (Å²) in [6.07, 6.45) is 1.69. The molecule has 0 bridgehead atoms. The van der Waals surface area contributed by atoms with E-state index in [4.69, 9.17) is 33.2 Å². The summed E-state index contributed by atoms with van der Waals surface area (Å²) in [5, 5.41) is 3.87. The molecule has 3 aromatic carbocycles. The van der Waals surface area contributed by atoms with Gasteiger partial charge in [-0.3, -0.25) is 19.9 Å². The molecule has 6 nitrogen and oxygen atoms in total. The standard InChI is InChI=1S/C27H16Cl2N4O2S/c28-19-12-22-23(13-20(19)29)33(14-18-10-9-16-3-1-2-4-21(16)30-18)25(31-22)17-7-5-15(6-8-17)11-24-26(34)32-27(35)36-24/h1-13H,14H2,(H,32,34,35)/b24-11+. The van der Waals surface area contributed by atoms with Crippen LogP contribution in [0.2, 0.25) is 10.0 Å². The maximum Gasteiger partial charge on any atom is 0.290 e. The molecule has 0 spiro atoms. The zero-order valence-corrected chi connectivity index (χ0v) is 20.9. The van der Waals surface area contributed by atoms with Crippen LogP contribution in [0.5, 0.6) is 0 Å². The highest BCUT2D eigenvalue weighted by Gasteiger charge is 2.25. The van der Waals surface area contributed by atoms with Crippen LogP contribution in [0.1, 0.15) is 11.3 Å². The number of rotatable bonds is 4. The van der Waals surface area contributed by atoms with Gasteiger partial charge in [0.25, 0.3) is 11.1 Å². The van der Waals surface area contributed by atoms with Crippen LogP contribution in [0.3, 0.4) is 0 Å². The maximum absolute atomic E-state index is 11.9. The van der Waals surface area contributed by atoms with Crippen molar-refractivity contribution in [3.63, 3.8) is 0 Å². The van der Waals surface area contributed by atoms with Crippen molar-refractivity contribution in [1.29, 1.82) is 0 Å². The average Bonchev–Trinajstić information content (AvgIpc) is 3.37. The van der Waals surface area contributed by atoms with Crippen LogP contribution in [0, 0.1) is 0 Å². The number of hydrogen-bond acceptors (Lipinski definition) is 5. The van der Waals surface area contributed by atoms with Gasteiger partial charge in [0, 0.05) is 10.9 Å². The number of imidazole rings is 1. The van der Waals surface area contributed by atoms with Crippen LogP contribution < -0.4 is 5.32 Å². The molecule has 0 saturated carbocycles. The van der Waals surface area contributed by atoms with Gasteiger partial charge in [0.1, 0.15) is 5.82 Å². The van der Waals surface area contributed by atoms with Crippen molar-refractivity contribution in [3.8, 4) is 11.4 Å². The molecule has 3 heterocycles. The number of thioether (sulfide) groups is 1. The van der Waals surface area contributed by atoms with Gasteiger partial charge >= 0.3 is 0 Å². The Morgan fingerprint density at radius 2 is 1.67 bits per heavy atom. The number of nitrogens with one attached hydrogen (secondary N) is 1. The second-order valence-electron chi connectivity index (χ2n) is 8.25. The zero-order valence-electron chi connectivity index (χ0n) is 18.5. The largest absolute Gasteiger partial charge is 0.318 e. The van der Waals surface area contributed by atoms with Gasteiger partial charge < -0.3 is 4.57 Å². The number of pyridine rings is 1. The molecule has 1 aliphatic heterocycles. The third kappa shape index (κ3) is 4.26. The Hall–Kier alpha value is -3.65. The van der Waals surface area contributed by atoms with Crippen LogP contribution in [0.4, 0.5) is 4.79 Å². The molecule has 6 rings (SSSR count). The van der Waals surface area contributed by atoms with Gasteiger partial charge in [0.2, 0.25) is 0 Å². The molecule has 9 heteroatoms. The summed E-state index contributed by atoms with van der Waals surface area (Å²) in [5.41, 5.74) is 5.06. The molecule has 1 fully saturated rings. The van der Waals surface area contributed by atoms with Gasteiger partial charge in [-0.05, 0) is 47.7 Å². The van der Waals surface area contributed by atoms with Crippen molar-refractivity contribution in [2.24, 2.45) is 0 Å². The molecule has 0 radical (unpaired) electrons. The fourth-order valence-corrected chi connectivity index (χ4v) is 5.16. The summed E-state index contributed by atoms with van der Waals surface area (Å²) in [6, 6.07) is 23.3. The van der Waals surface area contributed by atoms with Crippen molar-refractivity contribution in [2.45, 2.75) is 6.54 Å². The van der Waals surface area contributed by atoms with Crippen LogP contribution in [-0.4, -0.2) is 25.7 Å². The number of fused-ring (bicyclic) bond motifs is 2. The molecule has 2 aromatic heterocycles. The van der Waals surface area contributed by atoms with Gasteiger partial charge in [0.05, 0.1) is 43.7 Å². The number of aromatic nitrogens is 3. The molecule has 0 unspecified atom stereocenters. The third-order valence-electron chi connectivity index (χ3n) is 5.88. The van der Waals surface area contributed by atoms with Crippen molar-refractivity contribution >= 4 is 74.1 Å². The SMILES string of the molecule is O=C1NC(=O)/C(=C\c2ccc(-c3nc4cc(Cl)c(Cl)cc4n3Cc3ccc4ccccc4n3)cc2)S1. The van der Waals surface area contributed by atoms with E-state index in [1.165, 1.54) is 0 Å². The van der Waals surface area contributed by atoms with Crippen LogP contribution in [-0.2, 0) is 11.3 Å². The van der Waals surface area contributed by atoms with Crippen LogP contribution >= 0.6 is 35.0 Å². The van der Waals surface area contributed by atoms with E-state index in [1.807, 2.05) is 60.7 Å². The first-order valence-electron chi connectivity index (χ1n) is 11.0. The summed E-state index contributed by atoms with van der Waals surface area (Å²) in [4.78, 5) is 33.4. The summed E-state index contributed by atoms with van der Waals surface area (Å²) >= 11 is 13.5. The number of amides is 2. The maximum atomic E-state index is 11.9. The zero-order chi connectivity index (χ0) is 24.8. The summed E-state index contributed by atoms with van der Waals surface area (Å²) in [7, 11) is 0. The average molecular weight is 531 g/mol. The molecule has 36 heavy (non-hydrogen) atoms. The minimum atomic E-state index is -0.382. The molecule has 0 atom stereocenters. The molecular formula is C27H16Cl2N4O2S. The van der Waals surface area contributed by atoms with E-state index in [0.29, 0.717) is 21.5 Å². The first-order chi connectivity index (χ1) is 17.4. The van der Waals surface area contributed by atoms with E-state index >= 15 is 0 Å². The Morgan fingerprint density at radius 3 is 2.44 bits per heavy atom. The predicted octanol–water partition coefficient (Wildman–Crippen LogP) is 6.93. The minimum Gasteiger partial charge on any atom is -0.318 e. The number of para-hydroxylation sites is 1. The van der Waals surface area contributed by atoms with Gasteiger partial charge in [-0.15, -0.1) is 0 Å². The lowest BCUT2D eigenvalue weighted by atomic mass is 10.1. The molecular weight excluding hydrogens is 515 g/mol. The molecule has 176 valence electrons. The van der Waals surface area contributed by atoms with Crippen LogP contribution in [0.25, 0.3) is 39.4 Å². The first-order valence-corrected chi connectivity index (χ1v) is 12.6. The Balaban J connectivity index is 1.43. The topological polar surface area (TPSA) is 76.9 Å². The highest BCUT2D eigenvalue weighted by atomic mass is 35.5. The Bertz CT molecular complexity index is 1730. The summed E-state index contributed by atoms with van der Waals surface area (Å²) < 4.78 is 2.07. The number of carbonyl (C=O) groups excluding carboxylic acids is 2. The number of halogens is 2. The highest BCUT2D eigenvalue weighted by Crippen LogP contribution is 2.33. The molecule has 1 N–H and O–H groups in total. The van der Waals surface area contributed by atoms with Gasteiger partial charge in [-0.1, -0.05) is 71.7 Å². The molecule has 0 aliphatic carbocycles. The second-order valence-corrected chi connectivity index (χ2v) is 10.1. The van der Waals surface area contributed by atoms with Crippen molar-refractivity contribution in [3.05, 3.63) is 99.0 Å². The van der Waals surface area contributed by atoms with Gasteiger partial charge in [-0.2, -0.15) is 0 Å². The molecule has 2 amide bonds. The number of hydrogen-bond donors (Lipinski definition) is 1. The monoisotopic (exact) mass is 530 g/mol. The van der Waals surface area contributed by atoms with Crippen molar-refractivity contribution in [2.75, 3.05) is 0 Å². The lowest BCUT2D eigenvalue weighted by Crippen LogP contribution is -2.17. The van der Waals surface area contributed by atoms with Gasteiger partial charge in [0.15, 0.2) is 0 Å². The van der Waals surface area contributed by atoms with Crippen molar-refractivity contribution < 1.29 is 9.59 Å². The Kier molecular flexibility index (Phi) is 5.76. The van der Waals surface area contributed by atoms with E-state index in [2.05, 4.69) is 16.0 Å². The summed E-state index contributed by atoms with van der Waals surface area (Å²) in [5.74, 6) is 0.355. The van der Waals surface area contributed by atoms with Crippen molar-refractivity contribution in [1.82, 2.24) is 19.9 Å². The van der Waals surface area contributed by atoms with E-state index in [9.17, 15) is 9.59 Å². The number of carbonyl (C=O) groups is 2. The Labute approximate surface area is 219 Å². The smallest absolute Gasteiger partial charge is 0.290 e.